The lowest BCUT2D eigenvalue weighted by Crippen LogP contribution is -2.24. The summed E-state index contributed by atoms with van der Waals surface area (Å²) in [5, 5.41) is 8.87. The maximum absolute atomic E-state index is 12.5. The molecule has 0 saturated heterocycles. The second-order valence-corrected chi connectivity index (χ2v) is 4.18. The molecule has 0 unspecified atom stereocenters. The summed E-state index contributed by atoms with van der Waals surface area (Å²) in [5.41, 5.74) is -4.57. The van der Waals surface area contributed by atoms with E-state index in [2.05, 4.69) is 9.97 Å². The molecule has 120 valence electrons. The number of hydrogen-bond donors (Lipinski definition) is 0. The minimum absolute atomic E-state index is 0.153. The molecule has 2 heterocycles. The van der Waals surface area contributed by atoms with Gasteiger partial charge in [-0.25, -0.2) is 14.5 Å². The van der Waals surface area contributed by atoms with Gasteiger partial charge in [-0.2, -0.15) is 31.6 Å². The van der Waals surface area contributed by atoms with Gasteiger partial charge in [-0.3, -0.25) is 4.79 Å². The van der Waals surface area contributed by atoms with E-state index in [4.69, 9.17) is 5.26 Å². The van der Waals surface area contributed by atoms with Crippen LogP contribution in [0.3, 0.4) is 0 Å². The largest absolute Gasteiger partial charge is 0.433 e. The van der Waals surface area contributed by atoms with Crippen molar-refractivity contribution in [2.45, 2.75) is 12.4 Å². The average molecular weight is 334 g/mol. The van der Waals surface area contributed by atoms with E-state index in [1.165, 1.54) is 6.07 Å². The fraction of sp³-hybridized carbons (Fsp3) is 0.167. The standard InChI is InChI=1S/C12H4F6N4O/c13-11(14,15)7-1-6(3-19)10(20-4-7)22-5-21-8(2-9(22)23)12(16,17)18/h1-2,4-5H. The Morgan fingerprint density at radius 1 is 1.04 bits per heavy atom. The molecule has 0 spiro atoms. The lowest BCUT2D eigenvalue weighted by Gasteiger charge is -2.11. The summed E-state index contributed by atoms with van der Waals surface area (Å²) in [6.07, 6.45) is -8.81. The van der Waals surface area contributed by atoms with Crippen LogP contribution in [0.1, 0.15) is 16.8 Å². The Bertz CT molecular complexity index is 846. The van der Waals surface area contributed by atoms with Crippen LogP contribution in [-0.2, 0) is 12.4 Å². The van der Waals surface area contributed by atoms with E-state index >= 15 is 0 Å². The fourth-order valence-corrected chi connectivity index (χ4v) is 1.60. The Morgan fingerprint density at radius 2 is 1.70 bits per heavy atom. The number of halogens is 6. The summed E-state index contributed by atoms with van der Waals surface area (Å²) in [6, 6.07) is 2.00. The number of pyridine rings is 1. The molecule has 0 radical (unpaired) electrons. The number of rotatable bonds is 1. The topological polar surface area (TPSA) is 71.6 Å². The average Bonchev–Trinajstić information content (AvgIpc) is 2.44. The van der Waals surface area contributed by atoms with Crippen molar-refractivity contribution in [2.24, 2.45) is 0 Å². The predicted molar refractivity (Wildman–Crippen MR) is 62.3 cm³/mol. The second kappa shape index (κ2) is 5.38. The summed E-state index contributed by atoms with van der Waals surface area (Å²) < 4.78 is 75.4. The van der Waals surface area contributed by atoms with Crippen LogP contribution in [0.15, 0.2) is 29.5 Å². The van der Waals surface area contributed by atoms with Gasteiger partial charge in [0.15, 0.2) is 11.5 Å². The molecule has 2 aromatic heterocycles. The first-order chi connectivity index (χ1) is 10.5. The molecule has 0 atom stereocenters. The van der Waals surface area contributed by atoms with Gasteiger partial charge in [0, 0.05) is 12.3 Å². The SMILES string of the molecule is N#Cc1cc(C(F)(F)F)cnc1-n1cnc(C(F)(F)F)cc1=O. The van der Waals surface area contributed by atoms with Crippen molar-refractivity contribution in [1.29, 1.82) is 5.26 Å². The van der Waals surface area contributed by atoms with Crippen molar-refractivity contribution in [3.63, 3.8) is 0 Å². The molecular weight excluding hydrogens is 330 g/mol. The van der Waals surface area contributed by atoms with Gasteiger partial charge in [-0.1, -0.05) is 0 Å². The van der Waals surface area contributed by atoms with Gasteiger partial charge in [0.05, 0.1) is 11.1 Å². The van der Waals surface area contributed by atoms with Crippen molar-refractivity contribution in [3.8, 4) is 11.9 Å². The Morgan fingerprint density at radius 3 is 2.17 bits per heavy atom. The zero-order valence-electron chi connectivity index (χ0n) is 10.8. The maximum atomic E-state index is 12.5. The first-order valence-corrected chi connectivity index (χ1v) is 5.67. The zero-order chi connectivity index (χ0) is 17.4. The third-order valence-corrected chi connectivity index (χ3v) is 2.64. The van der Waals surface area contributed by atoms with E-state index in [9.17, 15) is 31.1 Å². The van der Waals surface area contributed by atoms with Crippen LogP contribution in [0.5, 0.6) is 0 Å². The molecule has 23 heavy (non-hydrogen) atoms. The predicted octanol–water partition coefficient (Wildman–Crippen LogP) is 2.54. The summed E-state index contributed by atoms with van der Waals surface area (Å²) in [7, 11) is 0. The molecule has 0 aromatic carbocycles. The van der Waals surface area contributed by atoms with Gasteiger partial charge in [-0.05, 0) is 6.07 Å². The zero-order valence-corrected chi connectivity index (χ0v) is 10.8. The van der Waals surface area contributed by atoms with Gasteiger partial charge in [0.25, 0.3) is 5.56 Å². The van der Waals surface area contributed by atoms with Crippen LogP contribution in [0.2, 0.25) is 0 Å². The van der Waals surface area contributed by atoms with E-state index in [0.717, 1.165) is 0 Å². The van der Waals surface area contributed by atoms with Crippen molar-refractivity contribution in [3.05, 3.63) is 51.8 Å². The summed E-state index contributed by atoms with van der Waals surface area (Å²) in [4.78, 5) is 18.0. The molecule has 11 heteroatoms. The van der Waals surface area contributed by atoms with Crippen LogP contribution < -0.4 is 5.56 Å². The molecule has 0 aliphatic heterocycles. The highest BCUT2D eigenvalue weighted by Crippen LogP contribution is 2.30. The molecule has 0 saturated carbocycles. The molecule has 0 aliphatic carbocycles. The smallest absolute Gasteiger partial charge is 0.269 e. The van der Waals surface area contributed by atoms with Crippen molar-refractivity contribution in [1.82, 2.24) is 14.5 Å². The van der Waals surface area contributed by atoms with Crippen molar-refractivity contribution in [2.75, 3.05) is 0 Å². The Labute approximate surface area is 123 Å². The molecule has 0 N–H and O–H groups in total. The van der Waals surface area contributed by atoms with Crippen LogP contribution in [0.4, 0.5) is 26.3 Å². The number of hydrogen-bond acceptors (Lipinski definition) is 4. The first-order valence-electron chi connectivity index (χ1n) is 5.67. The third-order valence-electron chi connectivity index (χ3n) is 2.64. The molecular formula is C12H4F6N4O. The maximum Gasteiger partial charge on any atom is 0.433 e. The highest BCUT2D eigenvalue weighted by atomic mass is 19.4. The second-order valence-electron chi connectivity index (χ2n) is 4.18. The number of nitriles is 1. The van der Waals surface area contributed by atoms with E-state index in [1.54, 1.807) is 0 Å². The third kappa shape index (κ3) is 3.31. The molecule has 5 nitrogen and oxygen atoms in total. The summed E-state index contributed by atoms with van der Waals surface area (Å²) >= 11 is 0. The Hall–Kier alpha value is -2.90. The van der Waals surface area contributed by atoms with Gasteiger partial charge in [0.1, 0.15) is 12.4 Å². The lowest BCUT2D eigenvalue weighted by atomic mass is 10.2. The van der Waals surface area contributed by atoms with E-state index in [0.29, 0.717) is 23.2 Å². The number of alkyl halides is 6. The van der Waals surface area contributed by atoms with Crippen LogP contribution in [-0.4, -0.2) is 14.5 Å². The van der Waals surface area contributed by atoms with Gasteiger partial charge in [-0.15, -0.1) is 0 Å². The fourth-order valence-electron chi connectivity index (χ4n) is 1.60. The van der Waals surface area contributed by atoms with E-state index < -0.39 is 40.6 Å². The van der Waals surface area contributed by atoms with Gasteiger partial charge >= 0.3 is 12.4 Å². The number of nitrogens with zero attached hydrogens (tertiary/aromatic N) is 4. The monoisotopic (exact) mass is 334 g/mol. The molecule has 0 fully saturated rings. The molecule has 0 aliphatic rings. The highest BCUT2D eigenvalue weighted by Gasteiger charge is 2.34. The molecule has 0 bridgehead atoms. The molecule has 2 aromatic rings. The Balaban J connectivity index is 2.60. The van der Waals surface area contributed by atoms with Crippen molar-refractivity contribution < 1.29 is 26.3 Å². The van der Waals surface area contributed by atoms with E-state index in [1.807, 2.05) is 0 Å². The van der Waals surface area contributed by atoms with Crippen LogP contribution in [0, 0.1) is 11.3 Å². The van der Waals surface area contributed by atoms with E-state index in [-0.39, 0.29) is 6.07 Å². The molecule has 2 rings (SSSR count). The van der Waals surface area contributed by atoms with Gasteiger partial charge < -0.3 is 0 Å². The quantitative estimate of drug-likeness (QED) is 0.752. The normalized spacial score (nSPS) is 12.0. The lowest BCUT2D eigenvalue weighted by molar-refractivity contribution is -0.141. The molecule has 0 amide bonds. The summed E-state index contributed by atoms with van der Waals surface area (Å²) in [6.45, 7) is 0. The van der Waals surface area contributed by atoms with Crippen LogP contribution in [0.25, 0.3) is 5.82 Å². The van der Waals surface area contributed by atoms with Crippen molar-refractivity contribution >= 4 is 0 Å². The minimum Gasteiger partial charge on any atom is -0.269 e. The summed E-state index contributed by atoms with van der Waals surface area (Å²) in [5.74, 6) is -0.549. The van der Waals surface area contributed by atoms with Crippen LogP contribution >= 0.6 is 0 Å². The highest BCUT2D eigenvalue weighted by molar-refractivity contribution is 5.45. The minimum atomic E-state index is -4.86. The first kappa shape index (κ1) is 16.5. The van der Waals surface area contributed by atoms with Gasteiger partial charge in [0.2, 0.25) is 0 Å². The Kier molecular flexibility index (Phi) is 3.85. The number of aromatic nitrogens is 3.